The summed E-state index contributed by atoms with van der Waals surface area (Å²) in [5.74, 6) is 0.0300. The van der Waals surface area contributed by atoms with E-state index in [9.17, 15) is 14.3 Å². The van der Waals surface area contributed by atoms with Crippen LogP contribution in [0.3, 0.4) is 0 Å². The number of carboxylic acid groups (broad SMARTS) is 1. The summed E-state index contributed by atoms with van der Waals surface area (Å²) >= 11 is 0. The van der Waals surface area contributed by atoms with Gasteiger partial charge in [0.15, 0.2) is 5.75 Å². The monoisotopic (exact) mass is 612 g/mol. The summed E-state index contributed by atoms with van der Waals surface area (Å²) in [5.41, 5.74) is 4.65. The number of carboxylic acids is 1. The van der Waals surface area contributed by atoms with Gasteiger partial charge in [0.2, 0.25) is 0 Å². The first-order valence-corrected chi connectivity index (χ1v) is 16.1. The van der Waals surface area contributed by atoms with Crippen LogP contribution in [-0.2, 0) is 0 Å². The Labute approximate surface area is 263 Å². The highest BCUT2D eigenvalue weighted by Gasteiger charge is 2.49. The van der Waals surface area contributed by atoms with Gasteiger partial charge in [0.25, 0.3) is 5.88 Å². The number of anilines is 1. The highest BCUT2D eigenvalue weighted by atomic mass is 19.1. The van der Waals surface area contributed by atoms with Crippen LogP contribution in [0.15, 0.2) is 54.7 Å². The number of H-pyrrole nitrogens is 1. The zero-order valence-electron chi connectivity index (χ0n) is 26.2. The van der Waals surface area contributed by atoms with E-state index in [0.717, 1.165) is 44.7 Å². The van der Waals surface area contributed by atoms with E-state index in [1.54, 1.807) is 17.7 Å². The molecule has 0 radical (unpaired) electrons. The molecule has 9 heteroatoms. The van der Waals surface area contributed by atoms with Gasteiger partial charge in [-0.3, -0.25) is 4.90 Å². The number of hydrogen-bond donors (Lipinski definition) is 2. The maximum absolute atomic E-state index is 14.3. The molecule has 1 aliphatic carbocycles. The van der Waals surface area contributed by atoms with Gasteiger partial charge >= 0.3 is 5.97 Å². The van der Waals surface area contributed by atoms with Crippen molar-refractivity contribution in [2.75, 3.05) is 38.2 Å². The number of nitrogens with one attached hydrogen (secondary N) is 1. The quantitative estimate of drug-likeness (QED) is 0.212. The zero-order valence-corrected chi connectivity index (χ0v) is 26.2. The normalized spacial score (nSPS) is 21.4. The smallest absolute Gasteiger partial charge is 0.339 e. The minimum absolute atomic E-state index is 0.0173. The Hall–Kier alpha value is -4.11. The average Bonchev–Trinajstić information content (AvgIpc) is 3.66. The molecule has 2 saturated heterocycles. The van der Waals surface area contributed by atoms with E-state index in [-0.39, 0.29) is 28.3 Å². The number of carbonyl (C=O) groups is 1. The van der Waals surface area contributed by atoms with Gasteiger partial charge in [-0.2, -0.15) is 4.98 Å². The van der Waals surface area contributed by atoms with Gasteiger partial charge in [-0.25, -0.2) is 9.18 Å². The third-order valence-electron chi connectivity index (χ3n) is 10.4. The van der Waals surface area contributed by atoms with Crippen LogP contribution in [0.4, 0.5) is 10.1 Å². The van der Waals surface area contributed by atoms with Crippen molar-refractivity contribution in [2.45, 2.75) is 63.8 Å². The van der Waals surface area contributed by atoms with Crippen LogP contribution >= 0.6 is 0 Å². The number of ether oxygens (including phenoxy) is 2. The van der Waals surface area contributed by atoms with E-state index >= 15 is 0 Å². The summed E-state index contributed by atoms with van der Waals surface area (Å²) < 4.78 is 25.8. The van der Waals surface area contributed by atoms with E-state index in [1.807, 2.05) is 6.07 Å². The second-order valence-electron chi connectivity index (χ2n) is 13.4. The Morgan fingerprint density at radius 3 is 2.60 bits per heavy atom. The number of aromatic amines is 1. The number of aromatic carboxylic acids is 1. The molecular weight excluding hydrogens is 571 g/mol. The molecule has 2 N–H and O–H groups in total. The molecule has 2 aromatic carbocycles. The van der Waals surface area contributed by atoms with Gasteiger partial charge in [-0.05, 0) is 66.2 Å². The molecule has 236 valence electrons. The number of rotatable bonds is 8. The molecule has 4 heterocycles. The van der Waals surface area contributed by atoms with Crippen molar-refractivity contribution in [3.05, 3.63) is 77.2 Å². The fourth-order valence-corrected chi connectivity index (χ4v) is 8.01. The third-order valence-corrected chi connectivity index (χ3v) is 10.4. The molecule has 0 unspecified atom stereocenters. The number of methoxy groups -OCH3 is 1. The maximum Gasteiger partial charge on any atom is 0.339 e. The highest BCUT2D eigenvalue weighted by Crippen LogP contribution is 2.49. The molecule has 3 aliphatic rings. The molecule has 7 rings (SSSR count). The first-order chi connectivity index (χ1) is 21.7. The van der Waals surface area contributed by atoms with E-state index in [4.69, 9.17) is 9.47 Å². The van der Waals surface area contributed by atoms with Crippen LogP contribution in [0.5, 0.6) is 17.4 Å². The SMILES string of the molecule is COc1nc2[nH]cc(F)c2cc1Oc1cc(N2CCC3(CC2)CN([C@H]2CCC[C@H]2c2ccccc2C(C)C)C3)ccc1C(=O)O. The number of benzene rings is 2. The van der Waals surface area contributed by atoms with Gasteiger partial charge in [0.1, 0.15) is 22.8 Å². The largest absolute Gasteiger partial charge is 0.478 e. The van der Waals surface area contributed by atoms with Gasteiger partial charge in [0.05, 0.1) is 12.5 Å². The van der Waals surface area contributed by atoms with E-state index < -0.39 is 11.8 Å². The summed E-state index contributed by atoms with van der Waals surface area (Å²) in [4.78, 5) is 24.2. The van der Waals surface area contributed by atoms with Gasteiger partial charge < -0.3 is 24.5 Å². The molecule has 1 saturated carbocycles. The lowest BCUT2D eigenvalue weighted by atomic mass is 9.70. The zero-order chi connectivity index (χ0) is 31.3. The number of hydrogen-bond acceptors (Lipinski definition) is 6. The van der Waals surface area contributed by atoms with Gasteiger partial charge in [0, 0.05) is 56.2 Å². The minimum Gasteiger partial charge on any atom is -0.478 e. The van der Waals surface area contributed by atoms with Gasteiger partial charge in [-0.1, -0.05) is 44.5 Å². The minimum atomic E-state index is -1.11. The summed E-state index contributed by atoms with van der Waals surface area (Å²) in [6, 6.07) is 16.4. The predicted molar refractivity (Wildman–Crippen MR) is 172 cm³/mol. The fraction of sp³-hybridized carbons (Fsp3) is 0.444. The third kappa shape index (κ3) is 5.41. The summed E-state index contributed by atoms with van der Waals surface area (Å²) in [6.45, 7) is 8.71. The molecule has 0 amide bonds. The van der Waals surface area contributed by atoms with Crippen molar-refractivity contribution in [3.8, 4) is 17.4 Å². The van der Waals surface area contributed by atoms with Crippen molar-refractivity contribution in [1.82, 2.24) is 14.9 Å². The van der Waals surface area contributed by atoms with Crippen LogP contribution in [0.25, 0.3) is 11.0 Å². The van der Waals surface area contributed by atoms with Crippen LogP contribution in [0, 0.1) is 11.2 Å². The summed E-state index contributed by atoms with van der Waals surface area (Å²) in [5, 5.41) is 10.1. The number of aromatic nitrogens is 2. The van der Waals surface area contributed by atoms with Gasteiger partial charge in [-0.15, -0.1) is 0 Å². The fourth-order valence-electron chi connectivity index (χ4n) is 8.01. The van der Waals surface area contributed by atoms with Crippen molar-refractivity contribution < 1.29 is 23.8 Å². The van der Waals surface area contributed by atoms with Crippen molar-refractivity contribution >= 4 is 22.7 Å². The molecule has 4 aromatic rings. The molecule has 0 bridgehead atoms. The van der Waals surface area contributed by atoms with E-state index in [0.29, 0.717) is 28.9 Å². The number of halogens is 1. The van der Waals surface area contributed by atoms with Crippen molar-refractivity contribution in [1.29, 1.82) is 0 Å². The van der Waals surface area contributed by atoms with Crippen molar-refractivity contribution in [2.24, 2.45) is 5.41 Å². The number of piperidine rings is 1. The topological polar surface area (TPSA) is 90.9 Å². The Balaban J connectivity index is 1.04. The first-order valence-electron chi connectivity index (χ1n) is 16.1. The van der Waals surface area contributed by atoms with Crippen molar-refractivity contribution in [3.63, 3.8) is 0 Å². The number of nitrogens with zero attached hydrogens (tertiary/aromatic N) is 3. The lowest BCUT2D eigenvalue weighted by Gasteiger charge is -2.57. The Morgan fingerprint density at radius 2 is 1.87 bits per heavy atom. The summed E-state index contributed by atoms with van der Waals surface area (Å²) in [7, 11) is 1.44. The molecule has 2 aromatic heterocycles. The second kappa shape index (κ2) is 11.7. The molecule has 3 fully saturated rings. The first kappa shape index (κ1) is 29.6. The Kier molecular flexibility index (Phi) is 7.68. The van der Waals surface area contributed by atoms with E-state index in [1.165, 1.54) is 44.2 Å². The maximum atomic E-state index is 14.3. The molecule has 8 nitrogen and oxygen atoms in total. The lowest BCUT2D eigenvalue weighted by Crippen LogP contribution is -2.63. The lowest BCUT2D eigenvalue weighted by molar-refractivity contribution is -0.0493. The molecule has 2 aliphatic heterocycles. The molecular formula is C36H41FN4O4. The summed E-state index contributed by atoms with van der Waals surface area (Å²) in [6.07, 6.45) is 7.27. The Bertz CT molecular complexity index is 1720. The average molecular weight is 613 g/mol. The second-order valence-corrected chi connectivity index (χ2v) is 13.4. The predicted octanol–water partition coefficient (Wildman–Crippen LogP) is 7.56. The molecule has 45 heavy (non-hydrogen) atoms. The molecule has 1 spiro atoms. The van der Waals surface area contributed by atoms with E-state index in [2.05, 4.69) is 57.9 Å². The number of likely N-dealkylation sites (tertiary alicyclic amines) is 1. The van der Waals surface area contributed by atoms with Crippen LogP contribution in [0.2, 0.25) is 0 Å². The van der Waals surface area contributed by atoms with Crippen LogP contribution in [0.1, 0.15) is 79.3 Å². The Morgan fingerprint density at radius 1 is 1.09 bits per heavy atom. The number of pyridine rings is 1. The highest BCUT2D eigenvalue weighted by molar-refractivity contribution is 5.92. The van der Waals surface area contributed by atoms with Crippen LogP contribution in [-0.4, -0.2) is 65.3 Å². The molecule has 2 atom stereocenters. The number of fused-ring (bicyclic) bond motifs is 1. The van der Waals surface area contributed by atoms with Crippen LogP contribution < -0.4 is 14.4 Å². The standard InChI is InChI=1S/C36H41FN4O4/c1-22(2)24-7-4-5-8-25(24)26-9-6-10-30(26)41-20-36(21-41)13-15-40(16-14-36)23-11-12-27(35(42)43)31(17-23)45-32-18-28-29(37)19-38-33(28)39-34(32)44-3/h4-5,7-8,11-12,17-19,22,26,30H,6,9-10,13-16,20-21H2,1-3H3,(H,38,39)(H,42,43)/t26-,30-/m0/s1.